The molecule has 0 aliphatic heterocycles. The summed E-state index contributed by atoms with van der Waals surface area (Å²) in [6.07, 6.45) is 0. The van der Waals surface area contributed by atoms with Crippen LogP contribution in [0.2, 0.25) is 0 Å². The van der Waals surface area contributed by atoms with Crippen molar-refractivity contribution in [3.05, 3.63) is 84.9 Å². The van der Waals surface area contributed by atoms with Crippen LogP contribution in [-0.2, 0) is 19.5 Å². The summed E-state index contributed by atoms with van der Waals surface area (Å²) in [4.78, 5) is 4.68. The molecular formula is C20H15N3OZn. The van der Waals surface area contributed by atoms with Crippen LogP contribution in [0.3, 0.4) is 0 Å². The SMILES string of the molecule is Oc1ccccc1-c1nc(-c2ccccc2)n(-c2ccccc2)n1.[Zn]. The quantitative estimate of drug-likeness (QED) is 0.541. The zero-order valence-electron chi connectivity index (χ0n) is 13.6. The molecule has 118 valence electrons. The molecule has 0 spiro atoms. The van der Waals surface area contributed by atoms with Crippen molar-refractivity contribution < 1.29 is 24.6 Å². The predicted octanol–water partition coefficient (Wildman–Crippen LogP) is 4.30. The number of benzene rings is 3. The number of phenols is 1. The largest absolute Gasteiger partial charge is 0.507 e. The Kier molecular flexibility index (Phi) is 5.06. The van der Waals surface area contributed by atoms with Crippen LogP contribution in [0, 0.1) is 0 Å². The molecule has 0 saturated carbocycles. The van der Waals surface area contributed by atoms with Crippen LogP contribution in [0.25, 0.3) is 28.5 Å². The number of phenolic OH excluding ortho intramolecular Hbond substituents is 1. The molecule has 1 heterocycles. The molecule has 0 aliphatic rings. The predicted molar refractivity (Wildman–Crippen MR) is 93.9 cm³/mol. The van der Waals surface area contributed by atoms with E-state index in [-0.39, 0.29) is 25.2 Å². The second-order valence-electron chi connectivity index (χ2n) is 5.39. The van der Waals surface area contributed by atoms with Crippen LogP contribution in [0.4, 0.5) is 0 Å². The molecule has 1 N–H and O–H groups in total. The van der Waals surface area contributed by atoms with Crippen molar-refractivity contribution in [2.24, 2.45) is 0 Å². The van der Waals surface area contributed by atoms with Crippen LogP contribution >= 0.6 is 0 Å². The Morgan fingerprint density at radius 2 is 1.32 bits per heavy atom. The minimum absolute atomic E-state index is 0. The van der Waals surface area contributed by atoms with Gasteiger partial charge in [-0.3, -0.25) is 0 Å². The van der Waals surface area contributed by atoms with Crippen molar-refractivity contribution in [2.75, 3.05) is 0 Å². The molecule has 0 bridgehead atoms. The van der Waals surface area contributed by atoms with E-state index in [0.717, 1.165) is 17.1 Å². The Labute approximate surface area is 158 Å². The first kappa shape index (κ1) is 17.1. The fourth-order valence-electron chi connectivity index (χ4n) is 2.61. The molecule has 5 heteroatoms. The zero-order valence-corrected chi connectivity index (χ0v) is 16.5. The van der Waals surface area contributed by atoms with Crippen molar-refractivity contribution in [3.63, 3.8) is 0 Å². The van der Waals surface area contributed by atoms with E-state index in [1.807, 2.05) is 72.8 Å². The zero-order chi connectivity index (χ0) is 16.4. The second kappa shape index (κ2) is 7.41. The van der Waals surface area contributed by atoms with E-state index in [1.165, 1.54) is 0 Å². The number of nitrogens with zero attached hydrogens (tertiary/aromatic N) is 3. The molecule has 0 radical (unpaired) electrons. The van der Waals surface area contributed by atoms with Crippen molar-refractivity contribution in [3.8, 4) is 34.2 Å². The van der Waals surface area contributed by atoms with E-state index in [0.29, 0.717) is 11.4 Å². The Balaban J connectivity index is 0.00000182. The molecule has 25 heavy (non-hydrogen) atoms. The first-order chi connectivity index (χ1) is 11.8. The fourth-order valence-corrected chi connectivity index (χ4v) is 2.61. The Bertz CT molecular complexity index is 912. The Morgan fingerprint density at radius 3 is 2.00 bits per heavy atom. The van der Waals surface area contributed by atoms with Gasteiger partial charge < -0.3 is 5.11 Å². The van der Waals surface area contributed by atoms with E-state index >= 15 is 0 Å². The van der Waals surface area contributed by atoms with Crippen LogP contribution < -0.4 is 0 Å². The molecule has 0 atom stereocenters. The smallest absolute Gasteiger partial charge is 0.185 e. The van der Waals surface area contributed by atoms with Gasteiger partial charge in [0.1, 0.15) is 5.75 Å². The monoisotopic (exact) mass is 377 g/mol. The van der Waals surface area contributed by atoms with Crippen molar-refractivity contribution in [2.45, 2.75) is 0 Å². The molecule has 0 aliphatic carbocycles. The van der Waals surface area contributed by atoms with Crippen molar-refractivity contribution in [1.29, 1.82) is 0 Å². The third-order valence-electron chi connectivity index (χ3n) is 3.78. The summed E-state index contributed by atoms with van der Waals surface area (Å²) in [7, 11) is 0. The van der Waals surface area contributed by atoms with E-state index in [4.69, 9.17) is 0 Å². The number of aromatic hydroxyl groups is 1. The average Bonchev–Trinajstić information content (AvgIpc) is 3.09. The van der Waals surface area contributed by atoms with E-state index < -0.39 is 0 Å². The van der Waals surface area contributed by atoms with E-state index in [9.17, 15) is 5.11 Å². The van der Waals surface area contributed by atoms with Gasteiger partial charge in [-0.05, 0) is 24.3 Å². The van der Waals surface area contributed by atoms with Gasteiger partial charge in [-0.2, -0.15) is 0 Å². The Hall–Kier alpha value is -2.78. The van der Waals surface area contributed by atoms with Gasteiger partial charge in [0.2, 0.25) is 0 Å². The average molecular weight is 379 g/mol. The minimum atomic E-state index is 0. The van der Waals surface area contributed by atoms with E-state index in [2.05, 4.69) is 10.1 Å². The van der Waals surface area contributed by atoms with Gasteiger partial charge in [-0.25, -0.2) is 9.67 Å². The summed E-state index contributed by atoms with van der Waals surface area (Å²) in [6, 6.07) is 26.9. The molecule has 4 nitrogen and oxygen atoms in total. The molecule has 0 unspecified atom stereocenters. The van der Waals surface area contributed by atoms with Gasteiger partial charge in [0, 0.05) is 25.0 Å². The van der Waals surface area contributed by atoms with Gasteiger partial charge in [-0.15, -0.1) is 5.10 Å². The van der Waals surface area contributed by atoms with Crippen LogP contribution in [-0.4, -0.2) is 19.9 Å². The number of aromatic nitrogens is 3. The van der Waals surface area contributed by atoms with Gasteiger partial charge in [0.15, 0.2) is 11.6 Å². The summed E-state index contributed by atoms with van der Waals surface area (Å²) in [5, 5.41) is 14.7. The standard InChI is InChI=1S/C20H15N3O.Zn/c24-18-14-8-7-13-17(18)19-21-20(15-9-3-1-4-10-15)23(22-19)16-11-5-2-6-12-16;/h1-14,24H;. The molecule has 4 rings (SSSR count). The molecule has 3 aromatic carbocycles. The molecule has 0 fully saturated rings. The second-order valence-corrected chi connectivity index (χ2v) is 5.39. The first-order valence-corrected chi connectivity index (χ1v) is 7.69. The maximum Gasteiger partial charge on any atom is 0.185 e. The van der Waals surface area contributed by atoms with Crippen LogP contribution in [0.5, 0.6) is 5.75 Å². The number of hydrogen-bond acceptors (Lipinski definition) is 3. The molecule has 4 aromatic rings. The summed E-state index contributed by atoms with van der Waals surface area (Å²) in [5.74, 6) is 1.40. The fraction of sp³-hybridized carbons (Fsp3) is 0. The Morgan fingerprint density at radius 1 is 0.720 bits per heavy atom. The molecular weight excluding hydrogens is 364 g/mol. The third kappa shape index (κ3) is 3.37. The number of rotatable bonds is 3. The van der Waals surface area contributed by atoms with Crippen molar-refractivity contribution >= 4 is 0 Å². The summed E-state index contributed by atoms with van der Waals surface area (Å²) in [6.45, 7) is 0. The topological polar surface area (TPSA) is 50.9 Å². The molecule has 1 aromatic heterocycles. The molecule has 0 saturated heterocycles. The van der Waals surface area contributed by atoms with Gasteiger partial charge in [-0.1, -0.05) is 60.7 Å². The summed E-state index contributed by atoms with van der Waals surface area (Å²) >= 11 is 0. The maximum absolute atomic E-state index is 10.1. The van der Waals surface area contributed by atoms with Gasteiger partial charge >= 0.3 is 0 Å². The van der Waals surface area contributed by atoms with Crippen LogP contribution in [0.1, 0.15) is 0 Å². The van der Waals surface area contributed by atoms with E-state index in [1.54, 1.807) is 16.8 Å². The number of hydrogen-bond donors (Lipinski definition) is 1. The van der Waals surface area contributed by atoms with Gasteiger partial charge in [0.05, 0.1) is 11.3 Å². The maximum atomic E-state index is 10.1. The van der Waals surface area contributed by atoms with Crippen molar-refractivity contribution in [1.82, 2.24) is 14.8 Å². The third-order valence-corrected chi connectivity index (χ3v) is 3.78. The first-order valence-electron chi connectivity index (χ1n) is 7.69. The minimum Gasteiger partial charge on any atom is -0.507 e. The van der Waals surface area contributed by atoms with Crippen LogP contribution in [0.15, 0.2) is 84.9 Å². The number of para-hydroxylation sites is 2. The summed E-state index contributed by atoms with van der Waals surface area (Å²) < 4.78 is 1.80. The summed E-state index contributed by atoms with van der Waals surface area (Å²) in [5.41, 5.74) is 2.51. The van der Waals surface area contributed by atoms with Gasteiger partial charge in [0.25, 0.3) is 0 Å². The normalized spacial score (nSPS) is 10.2. The molecule has 0 amide bonds.